The van der Waals surface area contributed by atoms with Crippen molar-refractivity contribution in [3.63, 3.8) is 0 Å². The van der Waals surface area contributed by atoms with E-state index in [0.717, 1.165) is 18.8 Å². The predicted molar refractivity (Wildman–Crippen MR) is 90.3 cm³/mol. The molecule has 116 valence electrons. The summed E-state index contributed by atoms with van der Waals surface area (Å²) in [7, 11) is 0. The average molecular weight is 306 g/mol. The van der Waals surface area contributed by atoms with E-state index < -0.39 is 0 Å². The average Bonchev–Trinajstić information content (AvgIpc) is 2.35. The fourth-order valence-corrected chi connectivity index (χ4v) is 6.37. The Hall–Kier alpha value is -0.530. The standard InChI is InChI=1S/C19H28ClN/c1-13-9-14-10-18(2,3)12-19(20,11-14)16(13)17(21)15-7-5-4-6-8-15/h4-8,13-14,16-17H,9-12,21H2,1-3H3. The van der Waals surface area contributed by atoms with E-state index in [4.69, 9.17) is 17.3 Å². The summed E-state index contributed by atoms with van der Waals surface area (Å²) in [4.78, 5) is -0.126. The van der Waals surface area contributed by atoms with Gasteiger partial charge in [0, 0.05) is 6.04 Å². The van der Waals surface area contributed by atoms with Crippen LogP contribution in [-0.4, -0.2) is 4.87 Å². The van der Waals surface area contributed by atoms with E-state index in [2.05, 4.69) is 51.1 Å². The van der Waals surface area contributed by atoms with Crippen LogP contribution in [0.25, 0.3) is 0 Å². The molecule has 5 unspecified atom stereocenters. The maximum Gasteiger partial charge on any atom is 0.0503 e. The minimum Gasteiger partial charge on any atom is -0.324 e. The number of alkyl halides is 1. The second-order valence-electron chi connectivity index (χ2n) is 8.33. The van der Waals surface area contributed by atoms with Gasteiger partial charge in [-0.2, -0.15) is 0 Å². The Morgan fingerprint density at radius 3 is 2.52 bits per heavy atom. The third-order valence-electron chi connectivity index (χ3n) is 5.73. The zero-order valence-electron chi connectivity index (χ0n) is 13.5. The van der Waals surface area contributed by atoms with Crippen molar-refractivity contribution in [3.8, 4) is 0 Å². The van der Waals surface area contributed by atoms with Crippen molar-refractivity contribution in [1.82, 2.24) is 0 Å². The van der Waals surface area contributed by atoms with Gasteiger partial charge in [0.2, 0.25) is 0 Å². The Morgan fingerprint density at radius 1 is 1.19 bits per heavy atom. The van der Waals surface area contributed by atoms with Crippen LogP contribution in [0.5, 0.6) is 0 Å². The van der Waals surface area contributed by atoms with E-state index in [-0.39, 0.29) is 10.9 Å². The molecule has 0 saturated heterocycles. The minimum absolute atomic E-state index is 0.0496. The maximum atomic E-state index is 7.22. The highest BCUT2D eigenvalue weighted by Crippen LogP contribution is 2.59. The smallest absolute Gasteiger partial charge is 0.0503 e. The highest BCUT2D eigenvalue weighted by atomic mass is 35.5. The molecule has 21 heavy (non-hydrogen) atoms. The van der Waals surface area contributed by atoms with Crippen LogP contribution in [0.2, 0.25) is 0 Å². The van der Waals surface area contributed by atoms with Gasteiger partial charge in [-0.15, -0.1) is 11.6 Å². The van der Waals surface area contributed by atoms with Crippen molar-refractivity contribution in [1.29, 1.82) is 0 Å². The summed E-state index contributed by atoms with van der Waals surface area (Å²) >= 11 is 7.22. The largest absolute Gasteiger partial charge is 0.324 e. The zero-order chi connectivity index (χ0) is 15.3. The summed E-state index contributed by atoms with van der Waals surface area (Å²) in [5, 5.41) is 0. The Morgan fingerprint density at radius 2 is 1.86 bits per heavy atom. The second-order valence-corrected chi connectivity index (χ2v) is 9.08. The van der Waals surface area contributed by atoms with Crippen molar-refractivity contribution in [2.45, 2.75) is 57.4 Å². The van der Waals surface area contributed by atoms with Gasteiger partial charge < -0.3 is 5.73 Å². The first kappa shape index (κ1) is 15.4. The Labute approximate surface area is 134 Å². The van der Waals surface area contributed by atoms with E-state index in [9.17, 15) is 0 Å². The molecule has 1 aromatic rings. The van der Waals surface area contributed by atoms with Crippen LogP contribution >= 0.6 is 11.6 Å². The minimum atomic E-state index is -0.126. The molecule has 2 N–H and O–H groups in total. The summed E-state index contributed by atoms with van der Waals surface area (Å²) < 4.78 is 0. The first-order chi connectivity index (χ1) is 9.81. The molecule has 2 heteroatoms. The molecular formula is C19H28ClN. The van der Waals surface area contributed by atoms with Gasteiger partial charge in [0.15, 0.2) is 0 Å². The van der Waals surface area contributed by atoms with Gasteiger partial charge in [-0.05, 0) is 54.4 Å². The van der Waals surface area contributed by atoms with Gasteiger partial charge in [0.25, 0.3) is 0 Å². The fraction of sp³-hybridized carbons (Fsp3) is 0.684. The molecule has 0 aliphatic heterocycles. The number of fused-ring (bicyclic) bond motifs is 2. The van der Waals surface area contributed by atoms with E-state index in [0.29, 0.717) is 17.3 Å². The first-order valence-electron chi connectivity index (χ1n) is 8.30. The van der Waals surface area contributed by atoms with Gasteiger partial charge in [-0.1, -0.05) is 51.1 Å². The number of nitrogens with two attached hydrogens (primary N) is 1. The number of rotatable bonds is 2. The number of halogens is 1. The fourth-order valence-electron chi connectivity index (χ4n) is 5.43. The lowest BCUT2D eigenvalue weighted by Gasteiger charge is -2.56. The molecule has 2 fully saturated rings. The van der Waals surface area contributed by atoms with E-state index in [1.165, 1.54) is 18.4 Å². The molecule has 0 amide bonds. The van der Waals surface area contributed by atoms with Crippen LogP contribution in [0.15, 0.2) is 30.3 Å². The Balaban J connectivity index is 1.93. The summed E-state index contributed by atoms with van der Waals surface area (Å²) in [6.07, 6.45) is 4.84. The molecule has 5 atom stereocenters. The maximum absolute atomic E-state index is 7.22. The molecule has 0 radical (unpaired) electrons. The van der Waals surface area contributed by atoms with Gasteiger partial charge >= 0.3 is 0 Å². The first-order valence-corrected chi connectivity index (χ1v) is 8.68. The molecular weight excluding hydrogens is 278 g/mol. The summed E-state index contributed by atoms with van der Waals surface area (Å²) in [6.45, 7) is 7.10. The van der Waals surface area contributed by atoms with E-state index in [1.54, 1.807) is 0 Å². The van der Waals surface area contributed by atoms with Crippen LogP contribution in [0.3, 0.4) is 0 Å². The van der Waals surface area contributed by atoms with Gasteiger partial charge in [-0.25, -0.2) is 0 Å². The molecule has 2 aliphatic rings. The van der Waals surface area contributed by atoms with Crippen LogP contribution in [0.1, 0.15) is 58.1 Å². The third-order valence-corrected chi connectivity index (χ3v) is 6.27. The SMILES string of the molecule is CC1CC2CC(C)(C)CC(Cl)(C2)C1C(N)c1ccccc1. The lowest BCUT2D eigenvalue weighted by molar-refractivity contribution is 0.0155. The van der Waals surface area contributed by atoms with Crippen molar-refractivity contribution in [2.75, 3.05) is 0 Å². The van der Waals surface area contributed by atoms with Gasteiger partial charge in [0.1, 0.15) is 0 Å². The molecule has 1 nitrogen and oxygen atoms in total. The van der Waals surface area contributed by atoms with E-state index >= 15 is 0 Å². The highest BCUT2D eigenvalue weighted by molar-refractivity contribution is 6.24. The van der Waals surface area contributed by atoms with Crippen molar-refractivity contribution < 1.29 is 0 Å². The normalized spacial score (nSPS) is 39.8. The quantitative estimate of drug-likeness (QED) is 0.752. The highest BCUT2D eigenvalue weighted by Gasteiger charge is 2.54. The second kappa shape index (κ2) is 5.28. The third kappa shape index (κ3) is 2.87. The summed E-state index contributed by atoms with van der Waals surface area (Å²) in [6, 6.07) is 10.6. The number of hydrogen-bond acceptors (Lipinski definition) is 1. The van der Waals surface area contributed by atoms with Crippen molar-refractivity contribution in [2.24, 2.45) is 28.9 Å². The molecule has 1 aromatic carbocycles. The lowest BCUT2D eigenvalue weighted by atomic mass is 9.54. The van der Waals surface area contributed by atoms with Gasteiger partial charge in [-0.3, -0.25) is 0 Å². The zero-order valence-corrected chi connectivity index (χ0v) is 14.2. The molecule has 2 aliphatic carbocycles. The van der Waals surface area contributed by atoms with Crippen LogP contribution in [0, 0.1) is 23.2 Å². The predicted octanol–water partition coefficient (Wildman–Crippen LogP) is 5.15. The molecule has 0 aromatic heterocycles. The molecule has 3 rings (SSSR count). The Kier molecular flexibility index (Phi) is 3.86. The lowest BCUT2D eigenvalue weighted by Crippen LogP contribution is -2.53. The molecule has 2 saturated carbocycles. The molecule has 0 spiro atoms. The van der Waals surface area contributed by atoms with Crippen LogP contribution < -0.4 is 5.73 Å². The Bertz CT molecular complexity index is 498. The van der Waals surface area contributed by atoms with E-state index in [1.807, 2.05) is 0 Å². The van der Waals surface area contributed by atoms with Crippen molar-refractivity contribution >= 4 is 11.6 Å². The van der Waals surface area contributed by atoms with Crippen molar-refractivity contribution in [3.05, 3.63) is 35.9 Å². The molecule has 2 bridgehead atoms. The molecule has 0 heterocycles. The van der Waals surface area contributed by atoms with Crippen LogP contribution in [0.4, 0.5) is 0 Å². The van der Waals surface area contributed by atoms with Crippen LogP contribution in [-0.2, 0) is 0 Å². The summed E-state index contributed by atoms with van der Waals surface area (Å²) in [5.74, 6) is 1.76. The number of hydrogen-bond donors (Lipinski definition) is 1. The monoisotopic (exact) mass is 305 g/mol. The summed E-state index contributed by atoms with van der Waals surface area (Å²) in [5.41, 5.74) is 8.26. The number of benzene rings is 1. The van der Waals surface area contributed by atoms with Gasteiger partial charge in [0.05, 0.1) is 4.87 Å². The topological polar surface area (TPSA) is 26.0 Å².